The third-order valence-electron chi connectivity index (χ3n) is 4.90. The van der Waals surface area contributed by atoms with Gasteiger partial charge in [-0.1, -0.05) is 12.1 Å². The average Bonchev–Trinajstić information content (AvgIpc) is 3.11. The molecule has 25 heavy (non-hydrogen) atoms. The first-order valence-electron chi connectivity index (χ1n) is 9.16. The van der Waals surface area contributed by atoms with Crippen LogP contribution in [0.1, 0.15) is 31.2 Å². The van der Waals surface area contributed by atoms with E-state index in [4.69, 9.17) is 9.47 Å². The summed E-state index contributed by atoms with van der Waals surface area (Å²) in [4.78, 5) is 0. The number of nitrogens with one attached hydrogen (secondary N) is 1. The van der Waals surface area contributed by atoms with Gasteiger partial charge in [0.1, 0.15) is 0 Å². The summed E-state index contributed by atoms with van der Waals surface area (Å²) >= 11 is 0. The SMILES string of the molecule is C1=C(NCCOC2CCOCC2)CCC(c2cnn3ccccc23)=C1. The van der Waals surface area contributed by atoms with Crippen molar-refractivity contribution >= 4 is 11.1 Å². The molecule has 1 aliphatic carbocycles. The minimum atomic E-state index is 0.373. The molecule has 1 aliphatic heterocycles. The fourth-order valence-corrected chi connectivity index (χ4v) is 3.47. The van der Waals surface area contributed by atoms with Crippen molar-refractivity contribution in [2.24, 2.45) is 0 Å². The first kappa shape index (κ1) is 16.4. The normalized spacial score (nSPS) is 18.9. The zero-order valence-corrected chi connectivity index (χ0v) is 14.5. The summed E-state index contributed by atoms with van der Waals surface area (Å²) in [5.41, 5.74) is 5.04. The first-order valence-corrected chi connectivity index (χ1v) is 9.16. The molecule has 3 heterocycles. The molecule has 0 unspecified atom stereocenters. The van der Waals surface area contributed by atoms with Crippen LogP contribution in [0.15, 0.2) is 48.4 Å². The highest BCUT2D eigenvalue weighted by atomic mass is 16.5. The maximum atomic E-state index is 5.91. The van der Waals surface area contributed by atoms with Crippen LogP contribution in [0.4, 0.5) is 0 Å². The second-order valence-corrected chi connectivity index (χ2v) is 6.58. The molecule has 132 valence electrons. The molecular weight excluding hydrogens is 314 g/mol. The van der Waals surface area contributed by atoms with E-state index >= 15 is 0 Å². The van der Waals surface area contributed by atoms with Gasteiger partial charge in [-0.25, -0.2) is 4.52 Å². The summed E-state index contributed by atoms with van der Waals surface area (Å²) in [6.07, 6.45) is 12.9. The van der Waals surface area contributed by atoms with Gasteiger partial charge >= 0.3 is 0 Å². The topological polar surface area (TPSA) is 47.8 Å². The Balaban J connectivity index is 1.30. The lowest BCUT2D eigenvalue weighted by molar-refractivity contribution is -0.0301. The molecule has 0 radical (unpaired) electrons. The van der Waals surface area contributed by atoms with Gasteiger partial charge in [0.2, 0.25) is 0 Å². The second kappa shape index (κ2) is 7.85. The van der Waals surface area contributed by atoms with E-state index < -0.39 is 0 Å². The van der Waals surface area contributed by atoms with Crippen molar-refractivity contribution in [3.63, 3.8) is 0 Å². The molecular formula is C20H25N3O2. The van der Waals surface area contributed by atoms with Crippen molar-refractivity contribution in [1.29, 1.82) is 0 Å². The minimum Gasteiger partial charge on any atom is -0.386 e. The number of aromatic nitrogens is 2. The molecule has 1 saturated heterocycles. The van der Waals surface area contributed by atoms with Crippen LogP contribution in [-0.2, 0) is 9.47 Å². The number of hydrogen-bond donors (Lipinski definition) is 1. The van der Waals surface area contributed by atoms with Crippen molar-refractivity contribution in [2.75, 3.05) is 26.4 Å². The molecule has 2 aliphatic rings. The monoisotopic (exact) mass is 339 g/mol. The predicted octanol–water partition coefficient (Wildman–Crippen LogP) is 3.18. The van der Waals surface area contributed by atoms with Gasteiger partial charge in [-0.2, -0.15) is 5.10 Å². The number of allylic oxidation sites excluding steroid dienone is 4. The zero-order valence-electron chi connectivity index (χ0n) is 14.5. The van der Waals surface area contributed by atoms with Gasteiger partial charge in [-0.15, -0.1) is 0 Å². The summed E-state index contributed by atoms with van der Waals surface area (Å²) in [6, 6.07) is 6.18. The van der Waals surface area contributed by atoms with Crippen LogP contribution in [-0.4, -0.2) is 42.1 Å². The summed E-state index contributed by atoms with van der Waals surface area (Å²) in [7, 11) is 0. The van der Waals surface area contributed by atoms with Crippen molar-refractivity contribution in [3.8, 4) is 0 Å². The summed E-state index contributed by atoms with van der Waals surface area (Å²) in [6.45, 7) is 3.29. The third-order valence-corrected chi connectivity index (χ3v) is 4.90. The van der Waals surface area contributed by atoms with Gasteiger partial charge in [0.25, 0.3) is 0 Å². The second-order valence-electron chi connectivity index (χ2n) is 6.58. The Hall–Kier alpha value is -2.11. The van der Waals surface area contributed by atoms with Crippen molar-refractivity contribution < 1.29 is 9.47 Å². The smallest absolute Gasteiger partial charge is 0.0736 e. The van der Waals surface area contributed by atoms with E-state index in [2.05, 4.69) is 34.7 Å². The van der Waals surface area contributed by atoms with Crippen molar-refractivity contribution in [3.05, 3.63) is 54.0 Å². The lowest BCUT2D eigenvalue weighted by atomic mass is 9.97. The highest BCUT2D eigenvalue weighted by Gasteiger charge is 2.14. The van der Waals surface area contributed by atoms with Crippen molar-refractivity contribution in [2.45, 2.75) is 31.8 Å². The molecule has 0 spiro atoms. The van der Waals surface area contributed by atoms with Crippen LogP contribution < -0.4 is 5.32 Å². The fraction of sp³-hybridized carbons (Fsp3) is 0.450. The van der Waals surface area contributed by atoms with E-state index in [0.717, 1.165) is 52.0 Å². The molecule has 4 rings (SSSR count). The largest absolute Gasteiger partial charge is 0.386 e. The average molecular weight is 339 g/mol. The van der Waals surface area contributed by atoms with Crippen LogP contribution in [0.5, 0.6) is 0 Å². The number of rotatable bonds is 6. The van der Waals surface area contributed by atoms with Crippen LogP contribution in [0.25, 0.3) is 11.1 Å². The summed E-state index contributed by atoms with van der Waals surface area (Å²) < 4.78 is 13.2. The molecule has 1 fully saturated rings. The molecule has 0 aromatic carbocycles. The number of pyridine rings is 1. The quantitative estimate of drug-likeness (QED) is 0.821. The van der Waals surface area contributed by atoms with E-state index in [-0.39, 0.29) is 0 Å². The Kier molecular flexibility index (Phi) is 5.14. The zero-order chi connectivity index (χ0) is 16.9. The summed E-state index contributed by atoms with van der Waals surface area (Å²) in [5.74, 6) is 0. The van der Waals surface area contributed by atoms with Crippen molar-refractivity contribution in [1.82, 2.24) is 14.9 Å². The molecule has 1 N–H and O–H groups in total. The van der Waals surface area contributed by atoms with Gasteiger partial charge in [-0.05, 0) is 49.5 Å². The van der Waals surface area contributed by atoms with Gasteiger partial charge in [0.15, 0.2) is 0 Å². The van der Waals surface area contributed by atoms with Gasteiger partial charge in [-0.3, -0.25) is 0 Å². The molecule has 2 aromatic heterocycles. The lowest BCUT2D eigenvalue weighted by Crippen LogP contribution is -2.27. The van der Waals surface area contributed by atoms with Crippen LogP contribution >= 0.6 is 0 Å². The van der Waals surface area contributed by atoms with Crippen LogP contribution in [0.2, 0.25) is 0 Å². The van der Waals surface area contributed by atoms with E-state index in [1.807, 2.05) is 23.0 Å². The maximum absolute atomic E-state index is 5.91. The molecule has 0 atom stereocenters. The number of nitrogens with zero attached hydrogens (tertiary/aromatic N) is 2. The van der Waals surface area contributed by atoms with Crippen LogP contribution in [0.3, 0.4) is 0 Å². The first-order chi connectivity index (χ1) is 12.4. The lowest BCUT2D eigenvalue weighted by Gasteiger charge is -2.23. The molecule has 2 aromatic rings. The highest BCUT2D eigenvalue weighted by Crippen LogP contribution is 2.28. The van der Waals surface area contributed by atoms with E-state index in [1.54, 1.807) is 0 Å². The molecule has 5 nitrogen and oxygen atoms in total. The minimum absolute atomic E-state index is 0.373. The fourth-order valence-electron chi connectivity index (χ4n) is 3.47. The van der Waals surface area contributed by atoms with E-state index in [0.29, 0.717) is 6.10 Å². The highest BCUT2D eigenvalue weighted by molar-refractivity contribution is 5.79. The Labute approximate surface area is 148 Å². The Morgan fingerprint density at radius 2 is 2.12 bits per heavy atom. The third kappa shape index (κ3) is 3.94. The molecule has 5 heteroatoms. The van der Waals surface area contributed by atoms with Crippen LogP contribution in [0, 0.1) is 0 Å². The number of hydrogen-bond acceptors (Lipinski definition) is 4. The Morgan fingerprint density at radius 3 is 2.96 bits per heavy atom. The van der Waals surface area contributed by atoms with Gasteiger partial charge in [0.05, 0.1) is 24.4 Å². The standard InChI is InChI=1S/C20H25N3O2/c1-2-11-23-20(3-1)19(15-22-23)16-4-6-17(7-5-16)21-10-14-25-18-8-12-24-13-9-18/h1-4,6,11,15,18,21H,5,7-10,12-14H2. The number of ether oxygens (including phenoxy) is 2. The Morgan fingerprint density at radius 1 is 1.20 bits per heavy atom. The Bertz CT molecular complexity index is 772. The van der Waals surface area contributed by atoms with Gasteiger partial charge in [0, 0.05) is 37.2 Å². The number of fused-ring (bicyclic) bond motifs is 1. The van der Waals surface area contributed by atoms with E-state index in [9.17, 15) is 0 Å². The molecule has 0 saturated carbocycles. The van der Waals surface area contributed by atoms with Gasteiger partial charge < -0.3 is 14.8 Å². The van der Waals surface area contributed by atoms with E-state index in [1.165, 1.54) is 22.4 Å². The molecule has 0 amide bonds. The molecule has 0 bridgehead atoms. The maximum Gasteiger partial charge on any atom is 0.0736 e. The predicted molar refractivity (Wildman–Crippen MR) is 98.3 cm³/mol. The summed E-state index contributed by atoms with van der Waals surface area (Å²) in [5, 5.41) is 7.94.